The molecule has 1 saturated heterocycles. The summed E-state index contributed by atoms with van der Waals surface area (Å²) in [5.74, 6) is 0.648. The first-order valence-corrected chi connectivity index (χ1v) is 7.96. The van der Waals surface area contributed by atoms with Gasteiger partial charge in [0.05, 0.1) is 0 Å². The van der Waals surface area contributed by atoms with Crippen molar-refractivity contribution in [2.24, 2.45) is 11.3 Å². The fraction of sp³-hybridized carbons (Fsp3) is 0.923. The van der Waals surface area contributed by atoms with E-state index in [0.29, 0.717) is 22.0 Å². The number of hydrogen-bond acceptors (Lipinski definition) is 3. The van der Waals surface area contributed by atoms with Gasteiger partial charge in [0.2, 0.25) is 5.91 Å². The largest absolute Gasteiger partial charge is 0.354 e. The number of thioether (sulfide) groups is 1. The van der Waals surface area contributed by atoms with Crippen molar-refractivity contribution in [2.75, 3.05) is 25.9 Å². The lowest BCUT2D eigenvalue weighted by molar-refractivity contribution is -0.123. The Morgan fingerprint density at radius 3 is 2.65 bits per heavy atom. The van der Waals surface area contributed by atoms with Crippen LogP contribution in [0, 0.1) is 11.3 Å². The summed E-state index contributed by atoms with van der Waals surface area (Å²) in [5.41, 5.74) is 0.380. The van der Waals surface area contributed by atoms with Gasteiger partial charge in [0.1, 0.15) is 0 Å². The van der Waals surface area contributed by atoms with Gasteiger partial charge in [0, 0.05) is 17.2 Å². The number of carbonyl (C=O) groups excluding carboxylic acids is 1. The third-order valence-electron chi connectivity index (χ3n) is 4.93. The van der Waals surface area contributed by atoms with Crippen LogP contribution in [0.2, 0.25) is 0 Å². The van der Waals surface area contributed by atoms with Crippen molar-refractivity contribution in [3.05, 3.63) is 0 Å². The third-order valence-corrected chi connectivity index (χ3v) is 6.35. The second-order valence-electron chi connectivity index (χ2n) is 5.97. The minimum Gasteiger partial charge on any atom is -0.354 e. The predicted molar refractivity (Wildman–Crippen MR) is 71.1 cm³/mol. The molecule has 0 radical (unpaired) electrons. The highest BCUT2D eigenvalue weighted by Crippen LogP contribution is 2.58. The molecule has 96 valence electrons. The highest BCUT2D eigenvalue weighted by atomic mass is 32.2. The van der Waals surface area contributed by atoms with E-state index in [1.54, 1.807) is 0 Å². The second-order valence-corrected chi connectivity index (χ2v) is 7.25. The van der Waals surface area contributed by atoms with Crippen LogP contribution in [0.15, 0.2) is 0 Å². The lowest BCUT2D eigenvalue weighted by atomic mass is 9.92. The topological polar surface area (TPSA) is 41.1 Å². The Morgan fingerprint density at radius 1 is 1.35 bits per heavy atom. The van der Waals surface area contributed by atoms with Crippen molar-refractivity contribution in [1.29, 1.82) is 0 Å². The fourth-order valence-corrected chi connectivity index (χ4v) is 3.89. The summed E-state index contributed by atoms with van der Waals surface area (Å²) >= 11 is 1.91. The summed E-state index contributed by atoms with van der Waals surface area (Å²) < 4.78 is 0.395. The van der Waals surface area contributed by atoms with E-state index in [-0.39, 0.29) is 0 Å². The zero-order chi connectivity index (χ0) is 11.9. The van der Waals surface area contributed by atoms with Crippen LogP contribution in [0.3, 0.4) is 0 Å². The first-order valence-electron chi connectivity index (χ1n) is 6.73. The first kappa shape index (κ1) is 11.8. The van der Waals surface area contributed by atoms with E-state index in [2.05, 4.69) is 16.9 Å². The molecule has 3 rings (SSSR count). The zero-order valence-electron chi connectivity index (χ0n) is 10.6. The quantitative estimate of drug-likeness (QED) is 0.796. The molecule has 1 amide bonds. The van der Waals surface area contributed by atoms with Gasteiger partial charge in [-0.1, -0.05) is 0 Å². The number of rotatable bonds is 4. The molecule has 1 aliphatic heterocycles. The molecular formula is C13H22N2OS. The maximum Gasteiger partial charge on any atom is 0.223 e. The Hall–Kier alpha value is -0.220. The molecule has 1 atom stereocenters. The molecule has 1 heterocycles. The highest BCUT2D eigenvalue weighted by Gasteiger charge is 2.57. The van der Waals surface area contributed by atoms with E-state index in [1.165, 1.54) is 25.7 Å². The van der Waals surface area contributed by atoms with E-state index < -0.39 is 0 Å². The Balaban J connectivity index is 1.48. The molecule has 3 nitrogen and oxygen atoms in total. The van der Waals surface area contributed by atoms with Crippen LogP contribution in [0.4, 0.5) is 0 Å². The second kappa shape index (κ2) is 4.16. The number of piperidine rings is 1. The molecule has 2 N–H and O–H groups in total. The summed E-state index contributed by atoms with van der Waals surface area (Å²) in [6, 6.07) is 0. The normalized spacial score (nSPS) is 32.2. The van der Waals surface area contributed by atoms with E-state index >= 15 is 0 Å². The van der Waals surface area contributed by atoms with Crippen LogP contribution in [0.5, 0.6) is 0 Å². The number of carbonyl (C=O) groups is 1. The molecule has 1 spiro atoms. The Bertz CT molecular complexity index is 321. The van der Waals surface area contributed by atoms with Gasteiger partial charge in [-0.25, -0.2) is 0 Å². The summed E-state index contributed by atoms with van der Waals surface area (Å²) in [4.78, 5) is 12.1. The SMILES string of the molecule is CSC1(CNC(=O)C2CC23CCNCC3)CC1. The maximum absolute atomic E-state index is 12.1. The molecule has 0 aromatic rings. The maximum atomic E-state index is 12.1. The highest BCUT2D eigenvalue weighted by molar-refractivity contribution is 8.00. The Kier molecular flexibility index (Phi) is 2.90. The third kappa shape index (κ3) is 2.22. The average Bonchev–Trinajstić information content (AvgIpc) is 3.25. The zero-order valence-corrected chi connectivity index (χ0v) is 11.4. The van der Waals surface area contributed by atoms with Crippen molar-refractivity contribution in [3.63, 3.8) is 0 Å². The lowest BCUT2D eigenvalue weighted by Crippen LogP contribution is -2.36. The lowest BCUT2D eigenvalue weighted by Gasteiger charge is -2.23. The molecule has 0 aromatic carbocycles. The average molecular weight is 254 g/mol. The van der Waals surface area contributed by atoms with Gasteiger partial charge < -0.3 is 10.6 Å². The van der Waals surface area contributed by atoms with Crippen LogP contribution in [0.25, 0.3) is 0 Å². The summed E-state index contributed by atoms with van der Waals surface area (Å²) in [7, 11) is 0. The van der Waals surface area contributed by atoms with E-state index in [0.717, 1.165) is 26.1 Å². The molecule has 4 heteroatoms. The molecule has 3 aliphatic rings. The summed E-state index contributed by atoms with van der Waals surface area (Å²) in [6.07, 6.45) is 8.22. The van der Waals surface area contributed by atoms with Crippen molar-refractivity contribution >= 4 is 17.7 Å². The number of amides is 1. The van der Waals surface area contributed by atoms with Crippen LogP contribution >= 0.6 is 11.8 Å². The first-order chi connectivity index (χ1) is 8.20. The summed E-state index contributed by atoms with van der Waals surface area (Å²) in [6.45, 7) is 3.08. The van der Waals surface area contributed by atoms with E-state index in [4.69, 9.17) is 0 Å². The van der Waals surface area contributed by atoms with Crippen molar-refractivity contribution < 1.29 is 4.79 Å². The minimum atomic E-state index is 0.322. The van der Waals surface area contributed by atoms with Gasteiger partial charge in [-0.05, 0) is 56.9 Å². The van der Waals surface area contributed by atoms with E-state index in [9.17, 15) is 4.79 Å². The Morgan fingerprint density at radius 2 is 2.06 bits per heavy atom. The number of hydrogen-bond donors (Lipinski definition) is 2. The van der Waals surface area contributed by atoms with Gasteiger partial charge >= 0.3 is 0 Å². The fourth-order valence-electron chi connectivity index (χ4n) is 3.16. The van der Waals surface area contributed by atoms with E-state index in [1.807, 2.05) is 11.8 Å². The molecule has 3 fully saturated rings. The molecule has 17 heavy (non-hydrogen) atoms. The minimum absolute atomic E-state index is 0.322. The van der Waals surface area contributed by atoms with Crippen molar-refractivity contribution in [3.8, 4) is 0 Å². The number of nitrogens with one attached hydrogen (secondary N) is 2. The van der Waals surface area contributed by atoms with Crippen LogP contribution in [-0.4, -0.2) is 36.5 Å². The molecule has 1 unspecified atom stereocenters. The Labute approximate surface area is 107 Å². The van der Waals surface area contributed by atoms with Crippen LogP contribution in [0.1, 0.15) is 32.1 Å². The summed E-state index contributed by atoms with van der Waals surface area (Å²) in [5, 5.41) is 6.57. The molecule has 2 aliphatic carbocycles. The molecular weight excluding hydrogens is 232 g/mol. The molecule has 2 saturated carbocycles. The predicted octanol–water partition coefficient (Wildman–Crippen LogP) is 1.39. The molecule has 0 aromatic heterocycles. The van der Waals surface area contributed by atoms with Gasteiger partial charge in [-0.15, -0.1) is 0 Å². The molecule has 0 bridgehead atoms. The van der Waals surface area contributed by atoms with Gasteiger partial charge in [-0.2, -0.15) is 11.8 Å². The van der Waals surface area contributed by atoms with Gasteiger partial charge in [0.15, 0.2) is 0 Å². The van der Waals surface area contributed by atoms with Crippen molar-refractivity contribution in [2.45, 2.75) is 36.9 Å². The smallest absolute Gasteiger partial charge is 0.223 e. The van der Waals surface area contributed by atoms with Crippen LogP contribution in [-0.2, 0) is 4.79 Å². The van der Waals surface area contributed by atoms with Crippen LogP contribution < -0.4 is 10.6 Å². The van der Waals surface area contributed by atoms with Crippen molar-refractivity contribution in [1.82, 2.24) is 10.6 Å². The van der Waals surface area contributed by atoms with Gasteiger partial charge in [-0.3, -0.25) is 4.79 Å². The van der Waals surface area contributed by atoms with Gasteiger partial charge in [0.25, 0.3) is 0 Å². The monoisotopic (exact) mass is 254 g/mol. The standard InChI is InChI=1S/C13H22N2OS/c1-17-13(2-3-13)9-15-11(16)10-8-12(10)4-6-14-7-5-12/h10,14H,2-9H2,1H3,(H,15,16).